The van der Waals surface area contributed by atoms with E-state index in [2.05, 4.69) is 49.0 Å². The molecule has 1 aliphatic carbocycles. The van der Waals surface area contributed by atoms with E-state index in [1.54, 1.807) is 0 Å². The van der Waals surface area contributed by atoms with Crippen molar-refractivity contribution in [3.8, 4) is 22.9 Å². The summed E-state index contributed by atoms with van der Waals surface area (Å²) >= 11 is 1.82. The van der Waals surface area contributed by atoms with Crippen LogP contribution in [0.2, 0.25) is 0 Å². The smallest absolute Gasteiger partial charge is 0.250 e. The van der Waals surface area contributed by atoms with Gasteiger partial charge in [0, 0.05) is 48.9 Å². The lowest BCUT2D eigenvalue weighted by Gasteiger charge is -2.45. The Morgan fingerprint density at radius 1 is 0.923 bits per heavy atom. The Bertz CT molecular complexity index is 1350. The summed E-state index contributed by atoms with van der Waals surface area (Å²) in [6.45, 7) is 4.34. The molecular formula is C29H34N6O3S. The van der Waals surface area contributed by atoms with Crippen LogP contribution in [0, 0.1) is 5.92 Å². The van der Waals surface area contributed by atoms with Gasteiger partial charge in [-0.1, -0.05) is 0 Å². The van der Waals surface area contributed by atoms with E-state index in [4.69, 9.17) is 18.9 Å². The number of hydrogen-bond acceptors (Lipinski definition) is 10. The predicted octanol–water partition coefficient (Wildman–Crippen LogP) is 5.00. The first-order valence-electron chi connectivity index (χ1n) is 14.4. The van der Waals surface area contributed by atoms with Crippen LogP contribution in [0.3, 0.4) is 0 Å². The first-order chi connectivity index (χ1) is 19.2. The van der Waals surface area contributed by atoms with Crippen LogP contribution in [0.5, 0.6) is 0 Å². The Kier molecular flexibility index (Phi) is 6.14. The van der Waals surface area contributed by atoms with E-state index >= 15 is 0 Å². The van der Waals surface area contributed by atoms with E-state index < -0.39 is 0 Å². The summed E-state index contributed by atoms with van der Waals surface area (Å²) in [5.41, 5.74) is 4.03. The Labute approximate surface area is 232 Å². The Morgan fingerprint density at radius 2 is 1.87 bits per heavy atom. The highest BCUT2D eigenvalue weighted by Gasteiger charge is 2.39. The number of fused-ring (bicyclic) bond motifs is 2. The zero-order valence-electron chi connectivity index (χ0n) is 22.0. The quantitative estimate of drug-likeness (QED) is 0.453. The van der Waals surface area contributed by atoms with Gasteiger partial charge in [0.05, 0.1) is 30.1 Å². The molecule has 2 aromatic heterocycles. The zero-order valence-corrected chi connectivity index (χ0v) is 22.8. The summed E-state index contributed by atoms with van der Waals surface area (Å²) in [5.74, 6) is 2.58. The van der Waals surface area contributed by atoms with Crippen molar-refractivity contribution in [1.29, 1.82) is 0 Å². The van der Waals surface area contributed by atoms with Crippen molar-refractivity contribution in [2.75, 3.05) is 47.3 Å². The molecule has 8 heterocycles. The predicted molar refractivity (Wildman–Crippen MR) is 152 cm³/mol. The maximum atomic E-state index is 6.68. The van der Waals surface area contributed by atoms with Crippen LogP contribution in [0.4, 0.5) is 17.2 Å². The molecule has 0 amide bonds. The molecule has 1 saturated carbocycles. The molecule has 9 nitrogen and oxygen atoms in total. The van der Waals surface area contributed by atoms with E-state index in [-0.39, 0.29) is 18.3 Å². The number of ether oxygens (including phenoxy) is 2. The van der Waals surface area contributed by atoms with Crippen LogP contribution in [-0.2, 0) is 9.47 Å². The largest absolute Gasteiger partial charge is 0.416 e. The van der Waals surface area contributed by atoms with Crippen LogP contribution in [0.15, 0.2) is 40.9 Å². The van der Waals surface area contributed by atoms with Crippen molar-refractivity contribution >= 4 is 29.1 Å². The molecule has 4 unspecified atom stereocenters. The first kappa shape index (κ1) is 24.0. The fourth-order valence-corrected chi connectivity index (χ4v) is 7.26. The minimum absolute atomic E-state index is 0.0595. The van der Waals surface area contributed by atoms with Gasteiger partial charge in [-0.25, -0.2) is 4.98 Å². The third kappa shape index (κ3) is 4.87. The molecule has 3 aromatic rings. The minimum atomic E-state index is 0.0595. The molecule has 10 heteroatoms. The average Bonchev–Trinajstić information content (AvgIpc) is 3.69. The lowest BCUT2D eigenvalue weighted by molar-refractivity contribution is -0.188. The molecule has 39 heavy (non-hydrogen) atoms. The first-order valence-corrected chi connectivity index (χ1v) is 15.3. The molecule has 4 atom stereocenters. The molecule has 10 bridgehead atoms. The molecular weight excluding hydrogens is 512 g/mol. The fourth-order valence-electron chi connectivity index (χ4n) is 6.46. The highest BCUT2D eigenvalue weighted by Crippen LogP contribution is 2.40. The van der Waals surface area contributed by atoms with Crippen molar-refractivity contribution in [2.24, 2.45) is 5.92 Å². The third-order valence-electron chi connectivity index (χ3n) is 8.66. The second-order valence-electron chi connectivity index (χ2n) is 11.6. The Morgan fingerprint density at radius 3 is 2.82 bits per heavy atom. The standard InChI is InChI=1S/C29H34N6O3S/c1-2-18-12-21-17-36-26-16-34(11-8-25(26)37-21)24-14-20(33-39-22-4-5-22)3-6-23(24)29-32-31-28(38-29)19-7-9-30-27(13-19)35(10-1)15-18/h3,6-7,9,13-14,18,21-22,25-26,33H,1-2,4-5,8,10-12,15-17H2. The molecule has 0 radical (unpaired) electrons. The molecule has 0 spiro atoms. The van der Waals surface area contributed by atoms with E-state index in [9.17, 15) is 0 Å². The Balaban J connectivity index is 1.19. The lowest BCUT2D eigenvalue weighted by Crippen LogP contribution is -2.54. The van der Waals surface area contributed by atoms with Crippen molar-refractivity contribution < 1.29 is 13.9 Å². The number of aromatic nitrogens is 3. The molecule has 1 N–H and O–H groups in total. The number of piperidine rings is 2. The van der Waals surface area contributed by atoms with Gasteiger partial charge in [-0.05, 0) is 86.7 Å². The molecule has 10 rings (SSSR count). The van der Waals surface area contributed by atoms with Gasteiger partial charge >= 0.3 is 0 Å². The van der Waals surface area contributed by atoms with Crippen molar-refractivity contribution in [2.45, 2.75) is 62.1 Å². The normalized spacial score (nSPS) is 28.1. The number of hydrogen-bond donors (Lipinski definition) is 1. The SMILES string of the molecule is c1cc2cc(n1)N1CCCC(CC3COC4CN(CCC4O3)c3cc(NSC4CC4)ccc3-c3nnc-2o3)C1. The third-order valence-corrected chi connectivity index (χ3v) is 9.81. The second kappa shape index (κ2) is 9.98. The van der Waals surface area contributed by atoms with Crippen LogP contribution in [0.25, 0.3) is 22.9 Å². The topological polar surface area (TPSA) is 88.8 Å². The molecule has 3 saturated heterocycles. The number of benzene rings is 1. The van der Waals surface area contributed by atoms with Crippen LogP contribution in [-0.4, -0.2) is 71.5 Å². The molecule has 1 aromatic carbocycles. The van der Waals surface area contributed by atoms with Crippen LogP contribution < -0.4 is 14.5 Å². The number of nitrogens with zero attached hydrogens (tertiary/aromatic N) is 5. The summed E-state index contributed by atoms with van der Waals surface area (Å²) in [7, 11) is 0. The number of nitrogens with one attached hydrogen (secondary N) is 1. The van der Waals surface area contributed by atoms with E-state index in [0.717, 1.165) is 79.0 Å². The van der Waals surface area contributed by atoms with Crippen molar-refractivity contribution in [3.05, 3.63) is 36.5 Å². The molecule has 7 aliphatic rings. The number of pyridine rings is 1. The summed E-state index contributed by atoms with van der Waals surface area (Å²) in [4.78, 5) is 9.51. The van der Waals surface area contributed by atoms with Gasteiger partial charge in [0.15, 0.2) is 0 Å². The van der Waals surface area contributed by atoms with Gasteiger partial charge < -0.3 is 28.4 Å². The summed E-state index contributed by atoms with van der Waals surface area (Å²) < 4.78 is 23.1. The van der Waals surface area contributed by atoms with Crippen molar-refractivity contribution in [1.82, 2.24) is 15.2 Å². The van der Waals surface area contributed by atoms with Gasteiger partial charge in [0.1, 0.15) is 11.9 Å². The average molecular weight is 547 g/mol. The monoisotopic (exact) mass is 546 g/mol. The maximum absolute atomic E-state index is 6.68. The van der Waals surface area contributed by atoms with Gasteiger partial charge in [-0.2, -0.15) is 0 Å². The lowest BCUT2D eigenvalue weighted by atomic mass is 9.91. The summed E-state index contributed by atoms with van der Waals surface area (Å²) in [6.07, 6.45) is 9.14. The highest BCUT2D eigenvalue weighted by atomic mass is 32.2. The van der Waals surface area contributed by atoms with Crippen molar-refractivity contribution in [3.63, 3.8) is 0 Å². The van der Waals surface area contributed by atoms with E-state index in [1.165, 1.54) is 19.3 Å². The summed E-state index contributed by atoms with van der Waals surface area (Å²) in [6, 6.07) is 10.5. The summed E-state index contributed by atoms with van der Waals surface area (Å²) in [5, 5.41) is 9.70. The van der Waals surface area contributed by atoms with Gasteiger partial charge in [0.25, 0.3) is 0 Å². The molecule has 204 valence electrons. The van der Waals surface area contributed by atoms with Gasteiger partial charge in [-0.3, -0.25) is 0 Å². The van der Waals surface area contributed by atoms with E-state index in [0.29, 0.717) is 24.3 Å². The van der Waals surface area contributed by atoms with Crippen LogP contribution >= 0.6 is 11.9 Å². The molecule has 6 aliphatic heterocycles. The number of anilines is 3. The van der Waals surface area contributed by atoms with Crippen LogP contribution in [0.1, 0.15) is 38.5 Å². The number of rotatable bonds is 3. The van der Waals surface area contributed by atoms with E-state index in [1.807, 2.05) is 24.2 Å². The highest BCUT2D eigenvalue weighted by molar-refractivity contribution is 8.01. The second-order valence-corrected chi connectivity index (χ2v) is 12.7. The Hall–Kier alpha value is -2.82. The van der Waals surface area contributed by atoms with Gasteiger partial charge in [-0.15, -0.1) is 10.2 Å². The zero-order chi connectivity index (χ0) is 25.8. The minimum Gasteiger partial charge on any atom is -0.416 e. The fraction of sp³-hybridized carbons (Fsp3) is 0.552. The van der Waals surface area contributed by atoms with Gasteiger partial charge in [0.2, 0.25) is 11.8 Å². The maximum Gasteiger partial charge on any atom is 0.250 e. The molecule has 4 fully saturated rings.